The minimum Gasteiger partial charge on any atom is -0.362 e. The molecule has 194 valence electrons. The van der Waals surface area contributed by atoms with E-state index in [1.54, 1.807) is 0 Å². The number of unbranched alkanes of at least 4 members (excludes halogenated alkanes) is 2. The number of hydrogen-bond donors (Lipinski definition) is 2. The van der Waals surface area contributed by atoms with Gasteiger partial charge in [0.05, 0.1) is 11.1 Å². The molecule has 4 N–H and O–H groups in total. The van der Waals surface area contributed by atoms with Gasteiger partial charge in [0.15, 0.2) is 13.1 Å². The molecule has 5 rings (SSSR count). The molecule has 0 aliphatic heterocycles. The number of benzene rings is 3. The van der Waals surface area contributed by atoms with Crippen LogP contribution in [0.2, 0.25) is 0 Å². The van der Waals surface area contributed by atoms with E-state index in [1.807, 2.05) is 45.8 Å². The fourth-order valence-electron chi connectivity index (χ4n) is 4.78. The average Bonchev–Trinajstić information content (AvgIpc) is 3.51. The topological polar surface area (TPSA) is 112 Å². The molecule has 0 spiro atoms. The van der Waals surface area contributed by atoms with Gasteiger partial charge in [0.1, 0.15) is 0 Å². The van der Waals surface area contributed by atoms with Gasteiger partial charge >= 0.3 is 23.2 Å². The van der Waals surface area contributed by atoms with Crippen LogP contribution in [0.1, 0.15) is 36.8 Å². The number of nitrogen functional groups attached to an aromatic ring is 2. The van der Waals surface area contributed by atoms with Crippen LogP contribution in [-0.2, 0) is 25.9 Å². The van der Waals surface area contributed by atoms with Gasteiger partial charge in [-0.1, -0.05) is 66.7 Å². The van der Waals surface area contributed by atoms with E-state index in [4.69, 9.17) is 20.5 Å². The summed E-state index contributed by atoms with van der Waals surface area (Å²) in [5.41, 5.74) is 18.4. The van der Waals surface area contributed by atoms with Crippen molar-refractivity contribution in [2.75, 3.05) is 11.5 Å². The Morgan fingerprint density at radius 2 is 1.00 bits per heavy atom. The molecule has 0 aliphatic carbocycles. The van der Waals surface area contributed by atoms with Crippen LogP contribution in [0.15, 0.2) is 94.0 Å². The second-order valence-electron chi connectivity index (χ2n) is 9.48. The Morgan fingerprint density at radius 1 is 0.553 bits per heavy atom. The molecule has 0 unspecified atom stereocenters. The molecule has 0 aliphatic rings. The molecule has 8 nitrogen and oxygen atoms in total. The van der Waals surface area contributed by atoms with Gasteiger partial charge in [-0.15, -0.1) is 0 Å². The highest BCUT2D eigenvalue weighted by Gasteiger charge is 2.28. The van der Waals surface area contributed by atoms with Crippen molar-refractivity contribution in [1.82, 2.24) is 10.5 Å². The van der Waals surface area contributed by atoms with E-state index in [-0.39, 0.29) is 11.8 Å². The highest BCUT2D eigenvalue weighted by Crippen LogP contribution is 2.29. The Kier molecular flexibility index (Phi) is 8.08. The van der Waals surface area contributed by atoms with Crippen LogP contribution in [0.25, 0.3) is 22.5 Å². The van der Waals surface area contributed by atoms with Gasteiger partial charge in [0.25, 0.3) is 0 Å². The second kappa shape index (κ2) is 12.2. The Hall–Kier alpha value is -4.46. The highest BCUT2D eigenvalue weighted by atomic mass is 16.5. The lowest BCUT2D eigenvalue weighted by molar-refractivity contribution is -0.753. The van der Waals surface area contributed by atoms with Gasteiger partial charge in [0, 0.05) is 12.8 Å². The monoisotopic (exact) mass is 510 g/mol. The minimum absolute atomic E-state index is 0.289. The van der Waals surface area contributed by atoms with Gasteiger partial charge in [-0.2, -0.15) is 0 Å². The smallest absolute Gasteiger partial charge is 0.304 e. The first-order valence-electron chi connectivity index (χ1n) is 13.2. The summed E-state index contributed by atoms with van der Waals surface area (Å²) in [4.78, 5) is 0. The van der Waals surface area contributed by atoms with Crippen LogP contribution in [-0.4, -0.2) is 10.5 Å². The number of hydrogen-bond acceptors (Lipinski definition) is 6. The van der Waals surface area contributed by atoms with E-state index >= 15 is 0 Å². The number of aryl methyl sites for hydroxylation is 4. The van der Waals surface area contributed by atoms with Crippen LogP contribution in [0, 0.1) is 0 Å². The average molecular weight is 511 g/mol. The number of aromatic nitrogens is 4. The Morgan fingerprint density at radius 3 is 1.45 bits per heavy atom. The fraction of sp³-hybridized carbons (Fsp3) is 0.267. The normalized spacial score (nSPS) is 11.2. The van der Waals surface area contributed by atoms with Crippen molar-refractivity contribution in [3.63, 3.8) is 0 Å². The van der Waals surface area contributed by atoms with Crippen molar-refractivity contribution in [3.8, 4) is 22.5 Å². The molecule has 2 heterocycles. The standard InChI is InChI=1S/C30H34N6O2/c31-29-27(35(33-37-29)20-9-7-16-23-12-3-1-4-13-23)25-18-11-19-26(22-25)28-30(32)38-34-36(28)21-10-8-17-24-14-5-2-6-15-24/h1-6,11-15,18-19,22H,7-10,16-17,20-21,31-32H2/q+2. The largest absolute Gasteiger partial charge is 0.362 e. The van der Waals surface area contributed by atoms with Crippen molar-refractivity contribution in [3.05, 3.63) is 96.1 Å². The molecule has 0 saturated carbocycles. The van der Waals surface area contributed by atoms with Gasteiger partial charge in [-0.25, -0.2) is 0 Å². The summed E-state index contributed by atoms with van der Waals surface area (Å²) in [6.07, 6.45) is 6.06. The summed E-state index contributed by atoms with van der Waals surface area (Å²) in [6.45, 7) is 1.42. The Labute approximate surface area is 222 Å². The fourth-order valence-corrected chi connectivity index (χ4v) is 4.78. The maximum Gasteiger partial charge on any atom is 0.304 e. The van der Waals surface area contributed by atoms with Crippen molar-refractivity contribution in [2.24, 2.45) is 0 Å². The van der Waals surface area contributed by atoms with Crippen LogP contribution in [0.4, 0.5) is 11.8 Å². The maximum absolute atomic E-state index is 6.22. The molecule has 3 aromatic carbocycles. The van der Waals surface area contributed by atoms with E-state index in [0.29, 0.717) is 13.1 Å². The molecule has 2 aromatic heterocycles. The lowest BCUT2D eigenvalue weighted by Crippen LogP contribution is -2.38. The molecule has 0 fully saturated rings. The summed E-state index contributed by atoms with van der Waals surface area (Å²) in [6, 6.07) is 29.0. The van der Waals surface area contributed by atoms with Crippen LogP contribution >= 0.6 is 0 Å². The predicted molar refractivity (Wildman–Crippen MR) is 145 cm³/mol. The van der Waals surface area contributed by atoms with E-state index in [2.05, 4.69) is 59.1 Å². The number of nitrogens with two attached hydrogens (primary N) is 2. The number of anilines is 2. The lowest BCUT2D eigenvalue weighted by Gasteiger charge is -2.01. The molecular formula is C30H34N6O2+2. The number of nitrogens with zero attached hydrogens (tertiary/aromatic N) is 4. The van der Waals surface area contributed by atoms with Crippen molar-refractivity contribution >= 4 is 11.8 Å². The third kappa shape index (κ3) is 6.08. The molecule has 38 heavy (non-hydrogen) atoms. The zero-order valence-corrected chi connectivity index (χ0v) is 21.5. The summed E-state index contributed by atoms with van der Waals surface area (Å²) < 4.78 is 14.4. The predicted octanol–water partition coefficient (Wildman–Crippen LogP) is 4.78. The SMILES string of the molecule is Nc1on[n+](CCCCc2ccccc2)c1-c1cccc(-c2c(N)on[n+]2CCCCc2ccccc2)c1. The van der Waals surface area contributed by atoms with E-state index in [1.165, 1.54) is 11.1 Å². The third-order valence-corrected chi connectivity index (χ3v) is 6.72. The second-order valence-corrected chi connectivity index (χ2v) is 9.48. The molecule has 0 bridgehead atoms. The zero-order chi connectivity index (χ0) is 26.2. The molecular weight excluding hydrogens is 476 g/mol. The van der Waals surface area contributed by atoms with E-state index in [0.717, 1.165) is 61.0 Å². The van der Waals surface area contributed by atoms with Gasteiger partial charge in [-0.05, 0) is 64.4 Å². The molecule has 8 heteroatoms. The molecule has 0 radical (unpaired) electrons. The van der Waals surface area contributed by atoms with Crippen molar-refractivity contribution < 1.29 is 18.4 Å². The first kappa shape index (κ1) is 25.2. The zero-order valence-electron chi connectivity index (χ0n) is 21.5. The summed E-state index contributed by atoms with van der Waals surface area (Å²) in [5.74, 6) is 0.578. The Bertz CT molecular complexity index is 1340. The van der Waals surface area contributed by atoms with Gasteiger partial charge in [-0.3, -0.25) is 9.05 Å². The Balaban J connectivity index is 1.27. The number of rotatable bonds is 12. The van der Waals surface area contributed by atoms with Gasteiger partial charge in [0.2, 0.25) is 10.5 Å². The summed E-state index contributed by atoms with van der Waals surface area (Å²) >= 11 is 0. The minimum atomic E-state index is 0.289. The quantitative estimate of drug-likeness (QED) is 0.185. The molecule has 0 atom stereocenters. The van der Waals surface area contributed by atoms with Crippen molar-refractivity contribution in [1.29, 1.82) is 0 Å². The first-order valence-corrected chi connectivity index (χ1v) is 13.2. The van der Waals surface area contributed by atoms with Crippen LogP contribution in [0.3, 0.4) is 0 Å². The van der Waals surface area contributed by atoms with E-state index in [9.17, 15) is 0 Å². The third-order valence-electron chi connectivity index (χ3n) is 6.72. The molecule has 0 saturated heterocycles. The van der Waals surface area contributed by atoms with Crippen LogP contribution < -0.4 is 20.8 Å². The maximum atomic E-state index is 6.22. The summed E-state index contributed by atoms with van der Waals surface area (Å²) in [7, 11) is 0. The summed E-state index contributed by atoms with van der Waals surface area (Å²) in [5, 5.41) is 8.39. The lowest BCUT2D eigenvalue weighted by atomic mass is 10.0. The van der Waals surface area contributed by atoms with Crippen LogP contribution in [0.5, 0.6) is 0 Å². The first-order chi connectivity index (χ1) is 18.7. The molecule has 5 aromatic rings. The van der Waals surface area contributed by atoms with E-state index < -0.39 is 0 Å². The molecule has 0 amide bonds. The van der Waals surface area contributed by atoms with Gasteiger partial charge < -0.3 is 11.5 Å². The highest BCUT2D eigenvalue weighted by molar-refractivity contribution is 5.74. The van der Waals surface area contributed by atoms with Crippen molar-refractivity contribution in [2.45, 2.75) is 51.6 Å².